The van der Waals surface area contributed by atoms with Crippen LogP contribution in [0.5, 0.6) is 0 Å². The van der Waals surface area contributed by atoms with Crippen LogP contribution < -0.4 is 0 Å². The molecule has 7 heteroatoms. The third kappa shape index (κ3) is 2.42. The maximum Gasteiger partial charge on any atom is 0.197 e. The molecule has 0 bridgehead atoms. The van der Waals surface area contributed by atoms with Crippen molar-refractivity contribution in [3.8, 4) is 0 Å². The van der Waals surface area contributed by atoms with Gasteiger partial charge < -0.3 is 4.57 Å². The standard InChI is InChI=1S/C10H12ClN5S/c1-5-8(11)12-6(2)13-9(5)17-10-15-14-7(3)16(10)4/h1-4H3. The van der Waals surface area contributed by atoms with Crippen LogP contribution in [-0.4, -0.2) is 24.7 Å². The summed E-state index contributed by atoms with van der Waals surface area (Å²) >= 11 is 7.47. The molecule has 0 radical (unpaired) electrons. The van der Waals surface area contributed by atoms with Crippen LogP contribution in [0, 0.1) is 20.8 Å². The molecule has 90 valence electrons. The molecule has 17 heavy (non-hydrogen) atoms. The van der Waals surface area contributed by atoms with Gasteiger partial charge in [0.15, 0.2) is 5.16 Å². The SMILES string of the molecule is Cc1nc(Cl)c(C)c(Sc2nnc(C)n2C)n1. The number of halogens is 1. The molecular formula is C10H12ClN5S. The van der Waals surface area contributed by atoms with Crippen molar-refractivity contribution in [1.29, 1.82) is 0 Å². The van der Waals surface area contributed by atoms with Gasteiger partial charge in [0.2, 0.25) is 0 Å². The van der Waals surface area contributed by atoms with E-state index in [2.05, 4.69) is 20.2 Å². The zero-order chi connectivity index (χ0) is 12.6. The Balaban J connectivity index is 2.39. The minimum absolute atomic E-state index is 0.485. The lowest BCUT2D eigenvalue weighted by atomic mass is 10.4. The highest BCUT2D eigenvalue weighted by Crippen LogP contribution is 2.29. The van der Waals surface area contributed by atoms with E-state index in [-0.39, 0.29) is 0 Å². The van der Waals surface area contributed by atoms with Crippen molar-refractivity contribution in [2.75, 3.05) is 0 Å². The second-order valence-electron chi connectivity index (χ2n) is 3.68. The van der Waals surface area contributed by atoms with Gasteiger partial charge in [-0.1, -0.05) is 11.6 Å². The molecule has 0 aliphatic heterocycles. The van der Waals surface area contributed by atoms with E-state index in [4.69, 9.17) is 11.6 Å². The summed E-state index contributed by atoms with van der Waals surface area (Å²) in [4.78, 5) is 8.47. The van der Waals surface area contributed by atoms with Crippen LogP contribution in [0.3, 0.4) is 0 Å². The molecular weight excluding hydrogens is 258 g/mol. The normalized spacial score (nSPS) is 10.9. The Morgan fingerprint density at radius 3 is 2.41 bits per heavy atom. The van der Waals surface area contributed by atoms with Crippen molar-refractivity contribution >= 4 is 23.4 Å². The maximum absolute atomic E-state index is 6.02. The van der Waals surface area contributed by atoms with E-state index in [0.717, 1.165) is 21.6 Å². The molecule has 0 aliphatic rings. The van der Waals surface area contributed by atoms with Crippen LogP contribution in [0.2, 0.25) is 5.15 Å². The van der Waals surface area contributed by atoms with E-state index in [0.29, 0.717) is 11.0 Å². The van der Waals surface area contributed by atoms with Crippen molar-refractivity contribution in [1.82, 2.24) is 24.7 Å². The van der Waals surface area contributed by atoms with Crippen molar-refractivity contribution in [3.05, 3.63) is 22.4 Å². The molecule has 0 aromatic carbocycles. The first kappa shape index (κ1) is 12.3. The topological polar surface area (TPSA) is 56.5 Å². The summed E-state index contributed by atoms with van der Waals surface area (Å²) in [7, 11) is 1.92. The summed E-state index contributed by atoms with van der Waals surface area (Å²) in [6, 6.07) is 0. The van der Waals surface area contributed by atoms with Gasteiger partial charge in [-0.15, -0.1) is 10.2 Å². The van der Waals surface area contributed by atoms with Crippen LogP contribution in [0.15, 0.2) is 10.2 Å². The Hall–Kier alpha value is -1.14. The van der Waals surface area contributed by atoms with Crippen LogP contribution in [0.25, 0.3) is 0 Å². The molecule has 0 saturated heterocycles. The zero-order valence-electron chi connectivity index (χ0n) is 10.0. The van der Waals surface area contributed by atoms with Gasteiger partial charge in [0.25, 0.3) is 0 Å². The van der Waals surface area contributed by atoms with Gasteiger partial charge in [-0.05, 0) is 32.5 Å². The molecule has 2 aromatic rings. The Kier molecular flexibility index (Phi) is 3.35. The monoisotopic (exact) mass is 269 g/mol. The van der Waals surface area contributed by atoms with Gasteiger partial charge in [0.1, 0.15) is 21.8 Å². The number of aryl methyl sites for hydroxylation is 2. The second kappa shape index (κ2) is 4.62. The average Bonchev–Trinajstić information content (AvgIpc) is 2.57. The van der Waals surface area contributed by atoms with Gasteiger partial charge >= 0.3 is 0 Å². The Morgan fingerprint density at radius 2 is 1.82 bits per heavy atom. The van der Waals surface area contributed by atoms with Crippen LogP contribution in [0.1, 0.15) is 17.2 Å². The first-order chi connectivity index (χ1) is 7.99. The third-order valence-corrected chi connectivity index (χ3v) is 3.89. The highest BCUT2D eigenvalue weighted by Gasteiger charge is 2.13. The highest BCUT2D eigenvalue weighted by atomic mass is 35.5. The second-order valence-corrected chi connectivity index (χ2v) is 5.00. The fourth-order valence-corrected chi connectivity index (χ4v) is 2.45. The molecule has 2 heterocycles. The summed E-state index contributed by atoms with van der Waals surface area (Å²) in [6.07, 6.45) is 0. The van der Waals surface area contributed by atoms with Gasteiger partial charge in [-0.2, -0.15) is 0 Å². The number of nitrogens with zero attached hydrogens (tertiary/aromatic N) is 5. The summed E-state index contributed by atoms with van der Waals surface area (Å²) < 4.78 is 1.91. The zero-order valence-corrected chi connectivity index (χ0v) is 11.6. The lowest BCUT2D eigenvalue weighted by molar-refractivity contribution is 0.763. The first-order valence-electron chi connectivity index (χ1n) is 5.03. The van der Waals surface area contributed by atoms with Gasteiger partial charge in [0, 0.05) is 12.6 Å². The summed E-state index contributed by atoms with van der Waals surface area (Å²) in [5, 5.41) is 10.2. The average molecular weight is 270 g/mol. The van der Waals surface area contributed by atoms with Crippen molar-refractivity contribution in [2.45, 2.75) is 31.0 Å². The van der Waals surface area contributed by atoms with Crippen LogP contribution in [0.4, 0.5) is 0 Å². The van der Waals surface area contributed by atoms with E-state index in [1.54, 1.807) is 0 Å². The summed E-state index contributed by atoms with van der Waals surface area (Å²) in [5.41, 5.74) is 0.864. The minimum Gasteiger partial charge on any atom is -0.309 e. The van der Waals surface area contributed by atoms with Crippen molar-refractivity contribution in [3.63, 3.8) is 0 Å². The van der Waals surface area contributed by atoms with E-state index in [1.165, 1.54) is 11.8 Å². The van der Waals surface area contributed by atoms with E-state index < -0.39 is 0 Å². The Bertz CT molecular complexity index is 566. The molecule has 2 rings (SSSR count). The fraction of sp³-hybridized carbons (Fsp3) is 0.400. The van der Waals surface area contributed by atoms with Gasteiger partial charge in [-0.25, -0.2) is 9.97 Å². The highest BCUT2D eigenvalue weighted by molar-refractivity contribution is 7.99. The number of rotatable bonds is 2. The lowest BCUT2D eigenvalue weighted by Gasteiger charge is -2.06. The summed E-state index contributed by atoms with van der Waals surface area (Å²) in [5.74, 6) is 1.52. The first-order valence-corrected chi connectivity index (χ1v) is 6.23. The van der Waals surface area contributed by atoms with E-state index >= 15 is 0 Å². The smallest absolute Gasteiger partial charge is 0.197 e. The molecule has 0 amide bonds. The predicted octanol–water partition coefficient (Wildman–Crippen LogP) is 2.33. The van der Waals surface area contributed by atoms with Gasteiger partial charge in [-0.3, -0.25) is 0 Å². The molecule has 0 saturated carbocycles. The predicted molar refractivity (Wildman–Crippen MR) is 66.4 cm³/mol. The molecule has 0 fully saturated rings. The summed E-state index contributed by atoms with van der Waals surface area (Å²) in [6.45, 7) is 5.62. The lowest BCUT2D eigenvalue weighted by Crippen LogP contribution is -1.98. The number of aromatic nitrogens is 5. The van der Waals surface area contributed by atoms with Crippen LogP contribution in [-0.2, 0) is 7.05 Å². The van der Waals surface area contributed by atoms with Crippen molar-refractivity contribution < 1.29 is 0 Å². The molecule has 2 aromatic heterocycles. The Morgan fingerprint density at radius 1 is 1.12 bits per heavy atom. The molecule has 0 spiro atoms. The third-order valence-electron chi connectivity index (χ3n) is 2.39. The van der Waals surface area contributed by atoms with E-state index in [1.807, 2.05) is 32.4 Å². The van der Waals surface area contributed by atoms with E-state index in [9.17, 15) is 0 Å². The largest absolute Gasteiger partial charge is 0.309 e. The fourth-order valence-electron chi connectivity index (χ4n) is 1.23. The minimum atomic E-state index is 0.485. The number of hydrogen-bond donors (Lipinski definition) is 0. The quantitative estimate of drug-likeness (QED) is 0.783. The molecule has 0 aliphatic carbocycles. The molecule has 0 unspecified atom stereocenters. The number of hydrogen-bond acceptors (Lipinski definition) is 5. The van der Waals surface area contributed by atoms with Crippen molar-refractivity contribution in [2.24, 2.45) is 7.05 Å². The Labute approximate surface area is 109 Å². The molecule has 5 nitrogen and oxygen atoms in total. The van der Waals surface area contributed by atoms with Gasteiger partial charge in [0.05, 0.1) is 0 Å². The molecule has 0 atom stereocenters. The maximum atomic E-state index is 6.02. The van der Waals surface area contributed by atoms with Crippen LogP contribution >= 0.6 is 23.4 Å². The molecule has 0 N–H and O–H groups in total.